The third-order valence-electron chi connectivity index (χ3n) is 11.6. The van der Waals surface area contributed by atoms with Crippen molar-refractivity contribution in [2.75, 3.05) is 39.4 Å². The van der Waals surface area contributed by atoms with Crippen LogP contribution in [0.4, 0.5) is 0 Å². The van der Waals surface area contributed by atoms with Crippen LogP contribution in [0.2, 0.25) is 0 Å². The zero-order valence-electron chi connectivity index (χ0n) is 30.6. The number of morpholine rings is 1. The summed E-state index contributed by atoms with van der Waals surface area (Å²) in [5, 5.41) is 16.0. The van der Waals surface area contributed by atoms with Crippen LogP contribution in [0, 0.1) is 17.8 Å². The molecule has 8 rings (SSSR count). The number of carbonyl (C=O) groups is 5. The van der Waals surface area contributed by atoms with Gasteiger partial charge in [-0.3, -0.25) is 28.5 Å². The van der Waals surface area contributed by atoms with E-state index in [1.54, 1.807) is 52.3 Å². The topological polar surface area (TPSA) is 175 Å². The molecule has 292 valence electrons. The molecule has 5 heterocycles. The third-order valence-corrected chi connectivity index (χ3v) is 14.8. The molecule has 3 aromatic rings. The second kappa shape index (κ2) is 15.3. The molecule has 55 heavy (non-hydrogen) atoms. The Kier molecular flexibility index (Phi) is 10.5. The van der Waals surface area contributed by atoms with Crippen molar-refractivity contribution < 1.29 is 42.9 Å². The number of hydrogen-bond acceptors (Lipinski definition) is 9. The van der Waals surface area contributed by atoms with Crippen molar-refractivity contribution >= 4 is 58.5 Å². The summed E-state index contributed by atoms with van der Waals surface area (Å²) in [7, 11) is -3.74. The highest BCUT2D eigenvalue weighted by atomic mass is 32.1. The Morgan fingerprint density at radius 3 is 2.45 bits per heavy atom. The van der Waals surface area contributed by atoms with Crippen LogP contribution in [-0.2, 0) is 34.6 Å². The molecule has 4 saturated heterocycles. The van der Waals surface area contributed by atoms with Crippen molar-refractivity contribution in [2.45, 2.75) is 69.4 Å². The fourth-order valence-electron chi connectivity index (χ4n) is 8.58. The van der Waals surface area contributed by atoms with Gasteiger partial charge in [0.15, 0.2) is 0 Å². The summed E-state index contributed by atoms with van der Waals surface area (Å²) in [4.78, 5) is 72.3. The number of carbonyl (C=O) groups excluding carboxylic acids is 4. The SMILES string of the molecule is C[C@H](N[P@](=O)(Cc1ccc2sc(C(=O)N[C@H]3C[C@@H]4C[C@@H]4C[C@H]4CC[C@@H](C(=O)N5CC(C(=O)N6CCOCC6)C5)N4C3=O)cc2c1)Oc1ccccc1)C(=O)O. The molecule has 14 nitrogen and oxygen atoms in total. The highest BCUT2D eigenvalue weighted by Gasteiger charge is 2.53. The van der Waals surface area contributed by atoms with Gasteiger partial charge in [-0.1, -0.05) is 24.3 Å². The van der Waals surface area contributed by atoms with E-state index in [0.29, 0.717) is 80.3 Å². The number of carboxylic acid groups (broad SMARTS) is 1. The number of nitrogens with zero attached hydrogens (tertiary/aromatic N) is 3. The van der Waals surface area contributed by atoms with Gasteiger partial charge < -0.3 is 34.4 Å². The van der Waals surface area contributed by atoms with Crippen molar-refractivity contribution in [3.8, 4) is 5.75 Å². The van der Waals surface area contributed by atoms with Crippen LogP contribution in [0.1, 0.15) is 54.3 Å². The molecule has 0 bridgehead atoms. The maximum absolute atomic E-state index is 14.3. The van der Waals surface area contributed by atoms with Crippen LogP contribution in [0.5, 0.6) is 5.75 Å². The Hall–Kier alpha value is -4.30. The minimum Gasteiger partial charge on any atom is -0.480 e. The molecule has 7 atom stereocenters. The van der Waals surface area contributed by atoms with Crippen molar-refractivity contribution in [3.63, 3.8) is 0 Å². The first kappa shape index (κ1) is 37.6. The Morgan fingerprint density at radius 1 is 0.964 bits per heavy atom. The molecule has 16 heteroatoms. The van der Waals surface area contributed by atoms with Crippen LogP contribution in [0.25, 0.3) is 10.1 Å². The summed E-state index contributed by atoms with van der Waals surface area (Å²) in [6, 6.07) is 13.2. The molecule has 1 saturated carbocycles. The Bertz CT molecular complexity index is 2030. The van der Waals surface area contributed by atoms with Crippen molar-refractivity contribution in [3.05, 3.63) is 65.0 Å². The van der Waals surface area contributed by atoms with Crippen molar-refractivity contribution in [1.82, 2.24) is 25.1 Å². The lowest BCUT2D eigenvalue weighted by Crippen LogP contribution is -2.62. The highest BCUT2D eigenvalue weighted by molar-refractivity contribution is 7.56. The summed E-state index contributed by atoms with van der Waals surface area (Å²) in [5.41, 5.74) is 0.631. The molecule has 5 aliphatic rings. The summed E-state index contributed by atoms with van der Waals surface area (Å²) < 4.78 is 26.1. The van der Waals surface area contributed by atoms with E-state index in [1.165, 1.54) is 18.3 Å². The number of fused-ring (bicyclic) bond motifs is 3. The number of nitrogens with one attached hydrogen (secondary N) is 2. The van der Waals surface area contributed by atoms with Crippen LogP contribution in [0.3, 0.4) is 0 Å². The number of para-hydroxylation sites is 1. The Balaban J connectivity index is 0.947. The number of likely N-dealkylation sites (tertiary alicyclic amines) is 1. The van der Waals surface area contributed by atoms with E-state index in [2.05, 4.69) is 10.4 Å². The minimum absolute atomic E-state index is 0.0541. The van der Waals surface area contributed by atoms with E-state index in [-0.39, 0.29) is 41.8 Å². The lowest BCUT2D eigenvalue weighted by atomic mass is 9.96. The summed E-state index contributed by atoms with van der Waals surface area (Å²) >= 11 is 1.28. The van der Waals surface area contributed by atoms with Gasteiger partial charge in [0.05, 0.1) is 30.2 Å². The van der Waals surface area contributed by atoms with Crippen molar-refractivity contribution in [2.24, 2.45) is 17.8 Å². The third kappa shape index (κ3) is 8.03. The van der Waals surface area contributed by atoms with Gasteiger partial charge in [0.1, 0.15) is 23.9 Å². The fourth-order valence-corrected chi connectivity index (χ4v) is 11.6. The molecule has 1 aliphatic carbocycles. The number of hydrogen-bond donors (Lipinski definition) is 3. The van der Waals surface area contributed by atoms with Gasteiger partial charge in [-0.25, -0.2) is 5.09 Å². The van der Waals surface area contributed by atoms with Gasteiger partial charge in [-0.2, -0.15) is 0 Å². The molecule has 0 unspecified atom stereocenters. The van der Waals surface area contributed by atoms with E-state index in [4.69, 9.17) is 9.26 Å². The minimum atomic E-state index is -3.74. The quantitative estimate of drug-likeness (QED) is 0.242. The number of thiophene rings is 1. The second-order valence-electron chi connectivity index (χ2n) is 15.5. The van der Waals surface area contributed by atoms with Gasteiger partial charge in [-0.05, 0) is 92.1 Å². The maximum atomic E-state index is 14.3. The molecule has 4 amide bonds. The Morgan fingerprint density at radius 2 is 1.71 bits per heavy atom. The molecule has 0 spiro atoms. The summed E-state index contributed by atoms with van der Waals surface area (Å²) in [5.74, 6) is -0.899. The first-order chi connectivity index (χ1) is 26.4. The molecule has 5 fully saturated rings. The van der Waals surface area contributed by atoms with E-state index in [0.717, 1.165) is 29.3 Å². The van der Waals surface area contributed by atoms with E-state index < -0.39 is 31.6 Å². The largest absolute Gasteiger partial charge is 0.480 e. The average Bonchev–Trinajstić information content (AvgIpc) is 3.50. The van der Waals surface area contributed by atoms with Crippen molar-refractivity contribution in [1.29, 1.82) is 0 Å². The maximum Gasteiger partial charge on any atom is 0.321 e. The van der Waals surface area contributed by atoms with Gasteiger partial charge in [-0.15, -0.1) is 11.3 Å². The van der Waals surface area contributed by atoms with Crippen LogP contribution in [-0.4, -0.2) is 113 Å². The Labute approximate surface area is 323 Å². The number of carboxylic acids is 1. The van der Waals surface area contributed by atoms with E-state index >= 15 is 0 Å². The molecule has 4 aliphatic heterocycles. The molecule has 1 aromatic heterocycles. The predicted molar refractivity (Wildman–Crippen MR) is 204 cm³/mol. The second-order valence-corrected chi connectivity index (χ2v) is 18.7. The number of rotatable bonds is 11. The standard InChI is InChI=1S/C39H46N5O9PS/c1-23(39(49)50)41-54(51,53-30-5-3-2-4-6-30)22-24-7-10-33-27(15-24)19-34(55-33)35(45)40-31-18-26-16-25(26)17-29-8-9-32(44(29)37(31)47)38(48)43-20-28(21-43)36(46)42-11-13-52-14-12-42/h2-7,10,15,19,23,25-26,28-29,31-32H,8-9,11-14,16-18,20-22H2,1H3,(H,40,45)(H,41,51)(H,49,50)/t23-,25+,26-,29+,31-,32-,54-/m0/s1. The molecule has 3 N–H and O–H groups in total. The number of ether oxygens (including phenoxy) is 1. The van der Waals surface area contributed by atoms with Crippen LogP contribution < -0.4 is 14.9 Å². The molecule has 2 aromatic carbocycles. The number of benzene rings is 2. The lowest BCUT2D eigenvalue weighted by Gasteiger charge is -2.44. The fraction of sp³-hybridized carbons (Fsp3) is 0.513. The monoisotopic (exact) mass is 791 g/mol. The average molecular weight is 792 g/mol. The van der Waals surface area contributed by atoms with Gasteiger partial charge in [0.25, 0.3) is 5.91 Å². The zero-order valence-corrected chi connectivity index (χ0v) is 32.3. The van der Waals surface area contributed by atoms with Crippen LogP contribution in [0.15, 0.2) is 54.6 Å². The molecule has 0 radical (unpaired) electrons. The van der Waals surface area contributed by atoms with Gasteiger partial charge in [0, 0.05) is 36.9 Å². The van der Waals surface area contributed by atoms with Gasteiger partial charge >= 0.3 is 13.5 Å². The number of aliphatic carboxylic acids is 1. The highest BCUT2D eigenvalue weighted by Crippen LogP contribution is 2.50. The first-order valence-corrected chi connectivity index (χ1v) is 21.7. The van der Waals surface area contributed by atoms with E-state index in [9.17, 15) is 33.6 Å². The summed E-state index contributed by atoms with van der Waals surface area (Å²) in [6.45, 7) is 4.29. The van der Waals surface area contributed by atoms with E-state index in [1.807, 2.05) is 17.0 Å². The number of amides is 4. The predicted octanol–water partition coefficient (Wildman–Crippen LogP) is 3.94. The molecular formula is C39H46N5O9PS. The molecular weight excluding hydrogens is 745 g/mol. The smallest absolute Gasteiger partial charge is 0.321 e. The van der Waals surface area contributed by atoms with Crippen LogP contribution >= 0.6 is 18.9 Å². The first-order valence-electron chi connectivity index (χ1n) is 19.1. The summed E-state index contributed by atoms with van der Waals surface area (Å²) in [6.07, 6.45) is 3.61. The zero-order chi connectivity index (χ0) is 38.4. The van der Waals surface area contributed by atoms with Gasteiger partial charge in [0.2, 0.25) is 17.7 Å². The normalized spacial score (nSPS) is 26.8. The lowest BCUT2D eigenvalue weighted by molar-refractivity contribution is -0.156.